The Morgan fingerprint density at radius 1 is 1.47 bits per heavy atom. The minimum atomic E-state index is -0.671. The van der Waals surface area contributed by atoms with Crippen LogP contribution in [0.4, 0.5) is 4.79 Å². The molecule has 15 heavy (non-hydrogen) atoms. The number of carbonyl (C=O) groups excluding carboxylic acids is 2. The zero-order valence-corrected chi connectivity index (χ0v) is 8.86. The molecule has 2 atom stereocenters. The highest BCUT2D eigenvalue weighted by Gasteiger charge is 2.22. The third-order valence-corrected chi connectivity index (χ3v) is 1.94. The van der Waals surface area contributed by atoms with Crippen molar-refractivity contribution in [1.82, 2.24) is 5.32 Å². The van der Waals surface area contributed by atoms with Crippen molar-refractivity contribution < 1.29 is 19.1 Å². The Balaban J connectivity index is 2.28. The van der Waals surface area contributed by atoms with Crippen molar-refractivity contribution in [3.05, 3.63) is 12.2 Å². The number of rotatable bonds is 3. The zero-order chi connectivity index (χ0) is 11.3. The van der Waals surface area contributed by atoms with Gasteiger partial charge in [-0.25, -0.2) is 4.79 Å². The highest BCUT2D eigenvalue weighted by Crippen LogP contribution is 2.14. The van der Waals surface area contributed by atoms with Gasteiger partial charge in [0.15, 0.2) is 0 Å². The van der Waals surface area contributed by atoms with Crippen molar-refractivity contribution in [2.75, 3.05) is 6.61 Å². The summed E-state index contributed by atoms with van der Waals surface area (Å²) in [5, 5.41) is 2.72. The van der Waals surface area contributed by atoms with E-state index in [0.29, 0.717) is 13.0 Å². The van der Waals surface area contributed by atoms with Gasteiger partial charge in [-0.3, -0.25) is 4.79 Å². The number of hydrogen-bond acceptors (Lipinski definition) is 4. The highest BCUT2D eigenvalue weighted by atomic mass is 16.7. The summed E-state index contributed by atoms with van der Waals surface area (Å²) in [4.78, 5) is 21.7. The molecule has 0 bridgehead atoms. The van der Waals surface area contributed by atoms with Crippen LogP contribution in [-0.4, -0.2) is 30.8 Å². The third kappa shape index (κ3) is 4.01. The van der Waals surface area contributed by atoms with Crippen LogP contribution in [0.2, 0.25) is 0 Å². The number of nitrogens with one attached hydrogen (secondary N) is 1. The summed E-state index contributed by atoms with van der Waals surface area (Å²) in [6.07, 6.45) is 3.15. The molecule has 84 valence electrons. The Morgan fingerprint density at radius 2 is 2.20 bits per heavy atom. The molecule has 0 aromatic rings. The number of ether oxygens (including phenoxy) is 2. The maximum Gasteiger partial charge on any atom is 0.508 e. The second-order valence-corrected chi connectivity index (χ2v) is 3.27. The fourth-order valence-corrected chi connectivity index (χ4v) is 1.40. The summed E-state index contributed by atoms with van der Waals surface area (Å²) >= 11 is 0. The van der Waals surface area contributed by atoms with E-state index in [4.69, 9.17) is 4.74 Å². The molecule has 1 aliphatic carbocycles. The van der Waals surface area contributed by atoms with Gasteiger partial charge in [-0.2, -0.15) is 0 Å². The average Bonchev–Trinajstić information content (AvgIpc) is 2.51. The van der Waals surface area contributed by atoms with Gasteiger partial charge in [-0.15, -0.1) is 0 Å². The highest BCUT2D eigenvalue weighted by molar-refractivity contribution is 5.73. The molecule has 1 rings (SSSR count). The number of carbonyl (C=O) groups is 2. The second kappa shape index (κ2) is 5.38. The molecule has 0 heterocycles. The quantitative estimate of drug-likeness (QED) is 0.561. The van der Waals surface area contributed by atoms with Gasteiger partial charge in [0.25, 0.3) is 0 Å². The summed E-state index contributed by atoms with van der Waals surface area (Å²) in [6, 6.07) is -0.0538. The van der Waals surface area contributed by atoms with E-state index in [1.807, 2.05) is 6.08 Å². The lowest BCUT2D eigenvalue weighted by Crippen LogP contribution is -2.31. The average molecular weight is 213 g/mol. The Kier molecular flexibility index (Phi) is 4.15. The van der Waals surface area contributed by atoms with Gasteiger partial charge in [0.2, 0.25) is 5.91 Å². The summed E-state index contributed by atoms with van der Waals surface area (Å²) < 4.78 is 9.60. The molecule has 0 aliphatic heterocycles. The molecule has 0 saturated carbocycles. The first-order chi connectivity index (χ1) is 7.11. The van der Waals surface area contributed by atoms with Crippen molar-refractivity contribution in [1.29, 1.82) is 0 Å². The van der Waals surface area contributed by atoms with Gasteiger partial charge in [-0.1, -0.05) is 6.08 Å². The van der Waals surface area contributed by atoms with Gasteiger partial charge < -0.3 is 14.8 Å². The van der Waals surface area contributed by atoms with Crippen LogP contribution < -0.4 is 5.32 Å². The van der Waals surface area contributed by atoms with Crippen LogP contribution in [0.25, 0.3) is 0 Å². The molecule has 0 fully saturated rings. The van der Waals surface area contributed by atoms with E-state index < -0.39 is 6.16 Å². The van der Waals surface area contributed by atoms with E-state index in [0.717, 1.165) is 0 Å². The molecule has 1 aliphatic rings. The maximum absolute atomic E-state index is 11.0. The fourth-order valence-electron chi connectivity index (χ4n) is 1.40. The van der Waals surface area contributed by atoms with Crippen molar-refractivity contribution in [3.63, 3.8) is 0 Å². The van der Waals surface area contributed by atoms with Gasteiger partial charge in [0.1, 0.15) is 6.10 Å². The topological polar surface area (TPSA) is 64.6 Å². The van der Waals surface area contributed by atoms with Gasteiger partial charge in [-0.05, 0) is 13.0 Å². The van der Waals surface area contributed by atoms with E-state index in [2.05, 4.69) is 10.1 Å². The van der Waals surface area contributed by atoms with Crippen LogP contribution in [0.3, 0.4) is 0 Å². The van der Waals surface area contributed by atoms with E-state index >= 15 is 0 Å². The summed E-state index contributed by atoms with van der Waals surface area (Å²) in [6.45, 7) is 3.46. The predicted molar refractivity (Wildman–Crippen MR) is 53.3 cm³/mol. The molecule has 2 unspecified atom stereocenters. The van der Waals surface area contributed by atoms with Gasteiger partial charge in [0.05, 0.1) is 12.6 Å². The molecular formula is C10H15NO4. The Bertz CT molecular complexity index is 275. The molecule has 0 spiro atoms. The normalized spacial score (nSPS) is 23.6. The molecule has 0 aromatic heterocycles. The zero-order valence-electron chi connectivity index (χ0n) is 8.86. The first-order valence-corrected chi connectivity index (χ1v) is 4.90. The van der Waals surface area contributed by atoms with Crippen LogP contribution in [0.15, 0.2) is 12.2 Å². The summed E-state index contributed by atoms with van der Waals surface area (Å²) in [5.74, 6) is -0.0959. The molecule has 1 amide bonds. The van der Waals surface area contributed by atoms with E-state index in [1.54, 1.807) is 13.0 Å². The van der Waals surface area contributed by atoms with Gasteiger partial charge in [0, 0.05) is 13.3 Å². The number of hydrogen-bond donors (Lipinski definition) is 1. The summed E-state index contributed by atoms with van der Waals surface area (Å²) in [5.41, 5.74) is 0. The standard InChI is InChI=1S/C10H15NO4/c1-3-14-10(13)15-9-5-4-8(6-9)11-7(2)12/h4-5,8-9H,3,6H2,1-2H3,(H,11,12). The lowest BCUT2D eigenvalue weighted by atomic mass is 10.2. The smallest absolute Gasteiger partial charge is 0.435 e. The van der Waals surface area contributed by atoms with Crippen molar-refractivity contribution in [3.8, 4) is 0 Å². The molecule has 1 N–H and O–H groups in total. The van der Waals surface area contributed by atoms with Crippen LogP contribution in [0, 0.1) is 0 Å². The number of amides is 1. The lowest BCUT2D eigenvalue weighted by Gasteiger charge is -2.13. The van der Waals surface area contributed by atoms with Crippen molar-refractivity contribution in [2.45, 2.75) is 32.4 Å². The molecule has 5 nitrogen and oxygen atoms in total. The van der Waals surface area contributed by atoms with Crippen LogP contribution in [0.5, 0.6) is 0 Å². The monoisotopic (exact) mass is 213 g/mol. The maximum atomic E-state index is 11.0. The molecule has 0 radical (unpaired) electrons. The minimum Gasteiger partial charge on any atom is -0.435 e. The van der Waals surface area contributed by atoms with Crippen LogP contribution in [-0.2, 0) is 14.3 Å². The van der Waals surface area contributed by atoms with Gasteiger partial charge >= 0.3 is 6.16 Å². The van der Waals surface area contributed by atoms with Crippen LogP contribution in [0.1, 0.15) is 20.3 Å². The van der Waals surface area contributed by atoms with Crippen molar-refractivity contribution >= 4 is 12.1 Å². The molecule has 0 saturated heterocycles. The molecule has 0 aromatic carbocycles. The molecular weight excluding hydrogens is 198 g/mol. The van der Waals surface area contributed by atoms with E-state index in [-0.39, 0.29) is 18.1 Å². The van der Waals surface area contributed by atoms with E-state index in [9.17, 15) is 9.59 Å². The third-order valence-electron chi connectivity index (χ3n) is 1.94. The Morgan fingerprint density at radius 3 is 2.80 bits per heavy atom. The largest absolute Gasteiger partial charge is 0.508 e. The van der Waals surface area contributed by atoms with Crippen molar-refractivity contribution in [2.24, 2.45) is 0 Å². The Hall–Kier alpha value is -1.52. The summed E-state index contributed by atoms with van der Waals surface area (Å²) in [7, 11) is 0. The van der Waals surface area contributed by atoms with Crippen LogP contribution >= 0.6 is 0 Å². The minimum absolute atomic E-state index is 0.0538. The van der Waals surface area contributed by atoms with E-state index in [1.165, 1.54) is 6.92 Å². The fraction of sp³-hybridized carbons (Fsp3) is 0.600. The first-order valence-electron chi connectivity index (χ1n) is 4.90. The predicted octanol–water partition coefficient (Wildman–Crippen LogP) is 0.993. The Labute approximate surface area is 88.4 Å². The molecule has 5 heteroatoms. The first kappa shape index (κ1) is 11.6. The SMILES string of the molecule is CCOC(=O)OC1C=CC(NC(C)=O)C1. The lowest BCUT2D eigenvalue weighted by molar-refractivity contribution is -0.119. The second-order valence-electron chi connectivity index (χ2n) is 3.27.